The number of carbonyl (C=O) groups is 2. The van der Waals surface area contributed by atoms with Gasteiger partial charge in [-0.1, -0.05) is 10.6 Å². The van der Waals surface area contributed by atoms with Crippen LogP contribution >= 0.6 is 23.3 Å². The van der Waals surface area contributed by atoms with Crippen molar-refractivity contribution in [1.82, 2.24) is 14.5 Å². The van der Waals surface area contributed by atoms with E-state index in [4.69, 9.17) is 10.5 Å². The number of thioether (sulfide) groups is 1. The summed E-state index contributed by atoms with van der Waals surface area (Å²) in [6.07, 6.45) is 3.56. The third-order valence-electron chi connectivity index (χ3n) is 3.46. The first-order valence-corrected chi connectivity index (χ1v) is 9.28. The molecule has 0 saturated carbocycles. The van der Waals surface area contributed by atoms with Gasteiger partial charge < -0.3 is 10.5 Å². The summed E-state index contributed by atoms with van der Waals surface area (Å²) in [5.41, 5.74) is 6.90. The predicted molar refractivity (Wildman–Crippen MR) is 92.9 cm³/mol. The predicted octanol–water partition coefficient (Wildman–Crippen LogP) is 1.39. The number of allylic oxidation sites excluding steroid dienone is 1. The standard InChI is InChI=1S/C15H18N4O3S2/c1-15(2,3)22-14(21)11-8(4-5-9-7-24-18-17-9)6-23-13-10(16)12(20)19(11)13/h4-5,7,10,13H,6,16H2,1-3H3/b5-4-/t10?,13-/m0/s1. The topological polar surface area (TPSA) is 98.4 Å². The minimum Gasteiger partial charge on any atom is -0.455 e. The summed E-state index contributed by atoms with van der Waals surface area (Å²) in [6.45, 7) is 5.38. The highest BCUT2D eigenvalue weighted by atomic mass is 32.2. The Morgan fingerprint density at radius 2 is 2.21 bits per heavy atom. The molecule has 24 heavy (non-hydrogen) atoms. The average Bonchev–Trinajstić information content (AvgIpc) is 3.02. The van der Waals surface area contributed by atoms with E-state index >= 15 is 0 Å². The van der Waals surface area contributed by atoms with Crippen LogP contribution in [0.2, 0.25) is 0 Å². The Morgan fingerprint density at radius 3 is 2.83 bits per heavy atom. The minimum atomic E-state index is -0.645. The summed E-state index contributed by atoms with van der Waals surface area (Å²) in [5, 5.41) is 5.53. The van der Waals surface area contributed by atoms with E-state index in [1.807, 2.05) is 0 Å². The van der Waals surface area contributed by atoms with Gasteiger partial charge in [0.05, 0.1) is 5.69 Å². The number of carbonyl (C=O) groups excluding carboxylic acids is 2. The summed E-state index contributed by atoms with van der Waals surface area (Å²) in [6, 6.07) is -0.569. The number of β-lactam (4-membered cyclic amide) rings is 1. The van der Waals surface area contributed by atoms with Crippen molar-refractivity contribution in [3.8, 4) is 0 Å². The van der Waals surface area contributed by atoms with E-state index in [1.165, 1.54) is 28.2 Å². The van der Waals surface area contributed by atoms with Crippen LogP contribution in [0.1, 0.15) is 26.5 Å². The van der Waals surface area contributed by atoms with Gasteiger partial charge in [-0.3, -0.25) is 9.69 Å². The van der Waals surface area contributed by atoms with Gasteiger partial charge in [0.15, 0.2) is 0 Å². The van der Waals surface area contributed by atoms with Crippen molar-refractivity contribution in [3.63, 3.8) is 0 Å². The average molecular weight is 366 g/mol. The second-order valence-corrected chi connectivity index (χ2v) is 8.19. The molecular weight excluding hydrogens is 348 g/mol. The highest BCUT2D eigenvalue weighted by molar-refractivity contribution is 8.00. The number of hydrogen-bond donors (Lipinski definition) is 1. The Bertz CT molecular complexity index is 722. The molecule has 128 valence electrons. The number of rotatable bonds is 3. The third-order valence-corrected chi connectivity index (χ3v) is 5.31. The SMILES string of the molecule is CC(C)(C)OC(=O)C1=C(/C=C\c2csnn2)CS[C@H]2C(N)C(=O)N12. The van der Waals surface area contributed by atoms with E-state index < -0.39 is 17.6 Å². The molecular formula is C15H18N4O3S2. The van der Waals surface area contributed by atoms with E-state index in [0.717, 1.165) is 5.57 Å². The van der Waals surface area contributed by atoms with E-state index in [2.05, 4.69) is 9.59 Å². The van der Waals surface area contributed by atoms with Gasteiger partial charge in [0, 0.05) is 11.1 Å². The van der Waals surface area contributed by atoms with Crippen LogP contribution in [0, 0.1) is 0 Å². The Hall–Kier alpha value is -1.71. The zero-order chi connectivity index (χ0) is 17.5. The molecule has 2 N–H and O–H groups in total. The molecule has 3 heterocycles. The van der Waals surface area contributed by atoms with Crippen molar-refractivity contribution >= 4 is 41.2 Å². The number of nitrogens with zero attached hydrogens (tertiary/aromatic N) is 3. The quantitative estimate of drug-likeness (QED) is 0.637. The zero-order valence-corrected chi connectivity index (χ0v) is 15.2. The monoisotopic (exact) mass is 366 g/mol. The van der Waals surface area contributed by atoms with Gasteiger partial charge in [0.1, 0.15) is 22.7 Å². The van der Waals surface area contributed by atoms with Crippen LogP contribution in [0.5, 0.6) is 0 Å². The number of amides is 1. The smallest absolute Gasteiger partial charge is 0.355 e. The highest BCUT2D eigenvalue weighted by Crippen LogP contribution is 2.40. The summed E-state index contributed by atoms with van der Waals surface area (Å²) in [7, 11) is 0. The molecule has 0 aromatic carbocycles. The van der Waals surface area contributed by atoms with Gasteiger partial charge in [-0.15, -0.1) is 16.9 Å². The second-order valence-electron chi connectivity index (χ2n) is 6.47. The van der Waals surface area contributed by atoms with Crippen molar-refractivity contribution in [2.75, 3.05) is 5.75 Å². The molecule has 0 radical (unpaired) electrons. The van der Waals surface area contributed by atoms with Crippen LogP contribution in [0.4, 0.5) is 0 Å². The molecule has 0 bridgehead atoms. The molecule has 0 spiro atoms. The molecule has 1 fully saturated rings. The van der Waals surface area contributed by atoms with Gasteiger partial charge in [0.25, 0.3) is 0 Å². The van der Waals surface area contributed by atoms with Gasteiger partial charge in [-0.25, -0.2) is 4.79 Å². The first-order valence-electron chi connectivity index (χ1n) is 7.40. The molecule has 0 aliphatic carbocycles. The van der Waals surface area contributed by atoms with Crippen LogP contribution in [-0.4, -0.2) is 49.1 Å². The Kier molecular flexibility index (Phi) is 4.50. The molecule has 3 rings (SSSR count). The molecule has 2 atom stereocenters. The van der Waals surface area contributed by atoms with Gasteiger partial charge in [-0.05, 0) is 44.0 Å². The fraction of sp³-hybridized carbons (Fsp3) is 0.467. The Labute approximate surface area is 148 Å². The zero-order valence-electron chi connectivity index (χ0n) is 13.6. The summed E-state index contributed by atoms with van der Waals surface area (Å²) in [5.74, 6) is -0.191. The molecule has 9 heteroatoms. The fourth-order valence-electron chi connectivity index (χ4n) is 2.41. The van der Waals surface area contributed by atoms with E-state index in [-0.39, 0.29) is 17.0 Å². The lowest BCUT2D eigenvalue weighted by molar-refractivity contribution is -0.157. The van der Waals surface area contributed by atoms with E-state index in [9.17, 15) is 9.59 Å². The maximum atomic E-state index is 12.6. The molecule has 2 aliphatic rings. The second kappa shape index (κ2) is 6.30. The first kappa shape index (κ1) is 17.1. The van der Waals surface area contributed by atoms with E-state index in [0.29, 0.717) is 11.4 Å². The molecule has 1 amide bonds. The van der Waals surface area contributed by atoms with Crippen LogP contribution in [0.15, 0.2) is 22.7 Å². The van der Waals surface area contributed by atoms with Crippen molar-refractivity contribution in [3.05, 3.63) is 28.4 Å². The van der Waals surface area contributed by atoms with Gasteiger partial charge in [-0.2, -0.15) is 0 Å². The van der Waals surface area contributed by atoms with Gasteiger partial charge >= 0.3 is 5.97 Å². The Morgan fingerprint density at radius 1 is 1.46 bits per heavy atom. The van der Waals surface area contributed by atoms with Crippen molar-refractivity contribution < 1.29 is 14.3 Å². The van der Waals surface area contributed by atoms with Crippen LogP contribution < -0.4 is 5.73 Å². The molecule has 2 aliphatic heterocycles. The first-order chi connectivity index (χ1) is 11.3. The highest BCUT2D eigenvalue weighted by Gasteiger charge is 2.52. The maximum absolute atomic E-state index is 12.6. The number of esters is 1. The normalized spacial score (nSPS) is 24.2. The van der Waals surface area contributed by atoms with Crippen LogP contribution in [0.25, 0.3) is 6.08 Å². The molecule has 1 aromatic rings. The lowest BCUT2D eigenvalue weighted by Gasteiger charge is -2.48. The lowest BCUT2D eigenvalue weighted by Crippen LogP contribution is -2.68. The number of ether oxygens (including phenoxy) is 1. The summed E-state index contributed by atoms with van der Waals surface area (Å²) < 4.78 is 9.28. The van der Waals surface area contributed by atoms with Gasteiger partial charge in [0.2, 0.25) is 5.91 Å². The molecule has 1 aromatic heterocycles. The number of fused-ring (bicyclic) bond motifs is 1. The minimum absolute atomic E-state index is 0.210. The number of aromatic nitrogens is 2. The number of nitrogens with two attached hydrogens (primary N) is 1. The summed E-state index contributed by atoms with van der Waals surface area (Å²) in [4.78, 5) is 26.2. The molecule has 7 nitrogen and oxygen atoms in total. The molecule has 1 unspecified atom stereocenters. The van der Waals surface area contributed by atoms with Crippen LogP contribution in [0.3, 0.4) is 0 Å². The van der Waals surface area contributed by atoms with E-state index in [1.54, 1.807) is 38.3 Å². The van der Waals surface area contributed by atoms with Crippen molar-refractivity contribution in [2.45, 2.75) is 37.8 Å². The largest absolute Gasteiger partial charge is 0.455 e. The van der Waals surface area contributed by atoms with Crippen LogP contribution in [-0.2, 0) is 14.3 Å². The third kappa shape index (κ3) is 3.24. The number of hydrogen-bond acceptors (Lipinski definition) is 8. The lowest BCUT2D eigenvalue weighted by atomic mass is 10.0. The fourth-order valence-corrected chi connectivity index (χ4v) is 4.10. The maximum Gasteiger partial charge on any atom is 0.355 e. The summed E-state index contributed by atoms with van der Waals surface area (Å²) >= 11 is 2.79. The Balaban J connectivity index is 1.95. The van der Waals surface area contributed by atoms with Crippen molar-refractivity contribution in [1.29, 1.82) is 0 Å². The molecule has 1 saturated heterocycles. The van der Waals surface area contributed by atoms with Crippen molar-refractivity contribution in [2.24, 2.45) is 5.73 Å².